The van der Waals surface area contributed by atoms with E-state index >= 15 is 0 Å². The van der Waals surface area contributed by atoms with Crippen molar-refractivity contribution < 1.29 is 53.1 Å². The molecular formula is C16H37O4Y. The molecule has 0 amide bonds. The van der Waals surface area contributed by atoms with E-state index in [-0.39, 0.29) is 52.5 Å². The van der Waals surface area contributed by atoms with E-state index in [9.17, 15) is 15.3 Å². The van der Waals surface area contributed by atoms with Gasteiger partial charge in [0.25, 0.3) is 0 Å². The summed E-state index contributed by atoms with van der Waals surface area (Å²) in [5.74, 6) is 0. The minimum absolute atomic E-state index is 0. The van der Waals surface area contributed by atoms with Crippen molar-refractivity contribution >= 4 is 0 Å². The van der Waals surface area contributed by atoms with Crippen LogP contribution >= 0.6 is 0 Å². The van der Waals surface area contributed by atoms with Gasteiger partial charge in [0.1, 0.15) is 0 Å². The standard InChI is InChI=1S/C4H10O.3C4H9O.Y/c4*1-2-3-4-5;/h5H,2-4H2,1H3;3*2-4H2,1H3;/q;3*-1;+3. The third-order valence-corrected chi connectivity index (χ3v) is 2.01. The molecule has 0 aliphatic rings. The summed E-state index contributed by atoms with van der Waals surface area (Å²) in [5, 5.41) is 36.7. The Balaban J connectivity index is -0.0000000533. The molecule has 0 aromatic heterocycles. The molecule has 0 bridgehead atoms. The molecule has 0 unspecified atom stereocenters. The second-order valence-corrected chi connectivity index (χ2v) is 4.25. The van der Waals surface area contributed by atoms with Crippen LogP contribution in [0.25, 0.3) is 0 Å². The molecule has 5 heteroatoms. The molecule has 0 saturated carbocycles. The van der Waals surface area contributed by atoms with Gasteiger partial charge in [-0.25, -0.2) is 0 Å². The molecule has 21 heavy (non-hydrogen) atoms. The van der Waals surface area contributed by atoms with Gasteiger partial charge in [0.05, 0.1) is 0 Å². The predicted molar refractivity (Wildman–Crippen MR) is 81.3 cm³/mol. The van der Waals surface area contributed by atoms with E-state index in [0.717, 1.165) is 51.4 Å². The maximum Gasteiger partial charge on any atom is 3.00 e. The molecule has 0 rings (SSSR count). The second-order valence-electron chi connectivity index (χ2n) is 4.25. The summed E-state index contributed by atoms with van der Waals surface area (Å²) >= 11 is 0. The average molecular weight is 382 g/mol. The Morgan fingerprint density at radius 1 is 0.571 bits per heavy atom. The van der Waals surface area contributed by atoms with Crippen LogP contribution in [0, 0.1) is 0 Å². The summed E-state index contributed by atoms with van der Waals surface area (Å²) in [4.78, 5) is 0. The first-order valence-corrected chi connectivity index (χ1v) is 8.01. The third-order valence-electron chi connectivity index (χ3n) is 2.01. The molecule has 4 nitrogen and oxygen atoms in total. The number of unbranched alkanes of at least 4 members (excludes halogenated alkanes) is 4. The Kier molecular flexibility index (Phi) is 79.4. The van der Waals surface area contributed by atoms with Crippen molar-refractivity contribution in [2.75, 3.05) is 26.4 Å². The molecular weight excluding hydrogens is 345 g/mol. The summed E-state index contributed by atoms with van der Waals surface area (Å²) in [7, 11) is 0. The zero-order valence-electron chi connectivity index (χ0n) is 14.7. The zero-order valence-corrected chi connectivity index (χ0v) is 17.6. The number of hydrogen-bond acceptors (Lipinski definition) is 4. The summed E-state index contributed by atoms with van der Waals surface area (Å²) < 4.78 is 0. The van der Waals surface area contributed by atoms with Gasteiger partial charge < -0.3 is 20.4 Å². The van der Waals surface area contributed by atoms with Crippen molar-refractivity contribution in [1.82, 2.24) is 0 Å². The monoisotopic (exact) mass is 382 g/mol. The fourth-order valence-corrected chi connectivity index (χ4v) is 0.591. The molecule has 128 valence electrons. The van der Waals surface area contributed by atoms with E-state index in [1.165, 1.54) is 0 Å². The van der Waals surface area contributed by atoms with Crippen LogP contribution in [0.15, 0.2) is 0 Å². The first-order valence-electron chi connectivity index (χ1n) is 8.01. The number of aliphatic hydroxyl groups excluding tert-OH is 1. The van der Waals surface area contributed by atoms with E-state index in [1.54, 1.807) is 0 Å². The van der Waals surface area contributed by atoms with E-state index in [2.05, 4.69) is 6.92 Å². The number of aliphatic hydroxyl groups is 1. The van der Waals surface area contributed by atoms with Crippen molar-refractivity contribution in [2.45, 2.75) is 79.1 Å². The molecule has 0 saturated heterocycles. The summed E-state index contributed by atoms with van der Waals surface area (Å²) in [6.07, 6.45) is 7.63. The minimum Gasteiger partial charge on any atom is -0.854 e. The topological polar surface area (TPSA) is 89.4 Å². The zero-order chi connectivity index (χ0) is 16.5. The van der Waals surface area contributed by atoms with Gasteiger partial charge >= 0.3 is 32.7 Å². The van der Waals surface area contributed by atoms with E-state index in [0.29, 0.717) is 6.61 Å². The minimum atomic E-state index is 0. The quantitative estimate of drug-likeness (QED) is 0.684. The Bertz CT molecular complexity index is 74.3. The maximum atomic E-state index is 9.53. The van der Waals surface area contributed by atoms with E-state index in [4.69, 9.17) is 5.11 Å². The molecule has 0 heterocycles. The van der Waals surface area contributed by atoms with Gasteiger partial charge in [-0.05, 0) is 6.42 Å². The fraction of sp³-hybridized carbons (Fsp3) is 1.00. The molecule has 0 spiro atoms. The van der Waals surface area contributed by atoms with E-state index in [1.807, 2.05) is 20.8 Å². The van der Waals surface area contributed by atoms with Crippen LogP contribution in [0.5, 0.6) is 0 Å². The van der Waals surface area contributed by atoms with Crippen LogP contribution in [0.3, 0.4) is 0 Å². The molecule has 1 N–H and O–H groups in total. The second kappa shape index (κ2) is 49.7. The fourth-order valence-electron chi connectivity index (χ4n) is 0.591. The van der Waals surface area contributed by atoms with Crippen molar-refractivity contribution in [3.05, 3.63) is 0 Å². The summed E-state index contributed by atoms with van der Waals surface area (Å²) in [5.41, 5.74) is 0. The Morgan fingerprint density at radius 3 is 0.810 bits per heavy atom. The third kappa shape index (κ3) is 94.0. The smallest absolute Gasteiger partial charge is 0.854 e. The van der Waals surface area contributed by atoms with Crippen LogP contribution in [-0.2, 0) is 32.7 Å². The van der Waals surface area contributed by atoms with Gasteiger partial charge in [-0.2, -0.15) is 0 Å². The van der Waals surface area contributed by atoms with Gasteiger partial charge in [-0.1, -0.05) is 72.6 Å². The SMILES string of the molecule is CCCCO.CCCC[O-].CCCC[O-].CCCC[O-].[Y+3]. The van der Waals surface area contributed by atoms with Crippen molar-refractivity contribution in [3.8, 4) is 0 Å². The van der Waals surface area contributed by atoms with E-state index < -0.39 is 0 Å². The van der Waals surface area contributed by atoms with Gasteiger partial charge in [-0.15, -0.1) is 19.8 Å². The van der Waals surface area contributed by atoms with Crippen LogP contribution in [0.4, 0.5) is 0 Å². The molecule has 0 aliphatic heterocycles. The Labute approximate surface area is 158 Å². The van der Waals surface area contributed by atoms with Crippen molar-refractivity contribution in [2.24, 2.45) is 0 Å². The van der Waals surface area contributed by atoms with Crippen LogP contribution in [-0.4, -0.2) is 31.5 Å². The van der Waals surface area contributed by atoms with Crippen LogP contribution < -0.4 is 15.3 Å². The Hall–Kier alpha value is 0.944. The molecule has 0 fully saturated rings. The van der Waals surface area contributed by atoms with Crippen molar-refractivity contribution in [1.29, 1.82) is 0 Å². The number of hydrogen-bond donors (Lipinski definition) is 1. The average Bonchev–Trinajstić information content (AvgIpc) is 2.44. The number of rotatable bonds is 8. The molecule has 0 aromatic rings. The van der Waals surface area contributed by atoms with Crippen molar-refractivity contribution in [3.63, 3.8) is 0 Å². The first kappa shape index (κ1) is 33.5. The molecule has 0 radical (unpaired) electrons. The molecule has 0 atom stereocenters. The van der Waals surface area contributed by atoms with Crippen LogP contribution in [0.1, 0.15) is 79.1 Å². The van der Waals surface area contributed by atoms with Gasteiger partial charge in [-0.3, -0.25) is 0 Å². The Morgan fingerprint density at radius 2 is 0.810 bits per heavy atom. The largest absolute Gasteiger partial charge is 3.00 e. The van der Waals surface area contributed by atoms with Gasteiger partial charge in [0.15, 0.2) is 0 Å². The summed E-state index contributed by atoms with van der Waals surface area (Å²) in [6.45, 7) is 8.71. The molecule has 0 aliphatic carbocycles. The van der Waals surface area contributed by atoms with Crippen LogP contribution in [0.2, 0.25) is 0 Å². The summed E-state index contributed by atoms with van der Waals surface area (Å²) in [6, 6.07) is 0. The first-order chi connectivity index (χ1) is 9.66. The predicted octanol–water partition coefficient (Wildman–Crippen LogP) is 1.22. The maximum absolute atomic E-state index is 9.53. The van der Waals surface area contributed by atoms with Gasteiger partial charge in [0, 0.05) is 6.61 Å². The molecule has 0 aromatic carbocycles. The van der Waals surface area contributed by atoms with Gasteiger partial charge in [0.2, 0.25) is 0 Å². The normalized spacial score (nSPS) is 8.00.